The van der Waals surface area contributed by atoms with Crippen LogP contribution in [0, 0.1) is 0 Å². The van der Waals surface area contributed by atoms with Gasteiger partial charge in [0.1, 0.15) is 6.10 Å². The molecule has 2 saturated heterocycles. The summed E-state index contributed by atoms with van der Waals surface area (Å²) in [5.74, 6) is 1.09. The van der Waals surface area contributed by atoms with Gasteiger partial charge in [0.25, 0.3) is 0 Å². The number of guanidine groups is 1. The number of halogens is 3. The average molecular weight is 541 g/mol. The second-order valence-corrected chi connectivity index (χ2v) is 6.90. The van der Waals surface area contributed by atoms with Crippen molar-refractivity contribution >= 4 is 29.9 Å². The van der Waals surface area contributed by atoms with Gasteiger partial charge < -0.3 is 29.2 Å². The smallest absolute Gasteiger partial charge is 0.387 e. The van der Waals surface area contributed by atoms with Gasteiger partial charge in [-0.05, 0) is 37.5 Å². The number of hydrogen-bond donors (Lipinski definition) is 1. The van der Waals surface area contributed by atoms with E-state index >= 15 is 0 Å². The average Bonchev–Trinajstić information content (AvgIpc) is 3.25. The van der Waals surface area contributed by atoms with Gasteiger partial charge in [-0.1, -0.05) is 6.07 Å². The predicted molar refractivity (Wildman–Crippen MR) is 120 cm³/mol. The molecule has 7 nitrogen and oxygen atoms in total. The van der Waals surface area contributed by atoms with Crippen molar-refractivity contribution in [2.45, 2.75) is 45.1 Å². The van der Waals surface area contributed by atoms with Gasteiger partial charge in [0, 0.05) is 33.3 Å². The Morgan fingerprint density at radius 1 is 1.27 bits per heavy atom. The maximum absolute atomic E-state index is 12.6. The number of morpholine rings is 1. The first kappa shape index (κ1) is 24.9. The van der Waals surface area contributed by atoms with Crippen molar-refractivity contribution in [2.75, 3.05) is 40.0 Å². The van der Waals surface area contributed by atoms with E-state index in [1.165, 1.54) is 6.07 Å². The molecule has 1 N–H and O–H groups in total. The zero-order chi connectivity index (χ0) is 20.6. The van der Waals surface area contributed by atoms with Gasteiger partial charge in [-0.2, -0.15) is 8.78 Å². The van der Waals surface area contributed by atoms with Crippen molar-refractivity contribution < 1.29 is 27.7 Å². The number of benzene rings is 1. The van der Waals surface area contributed by atoms with Gasteiger partial charge in [0.05, 0.1) is 19.3 Å². The Kier molecular flexibility index (Phi) is 10.3. The van der Waals surface area contributed by atoms with Gasteiger partial charge in [-0.15, -0.1) is 24.0 Å². The highest BCUT2D eigenvalue weighted by atomic mass is 127. The van der Waals surface area contributed by atoms with Crippen molar-refractivity contribution in [1.29, 1.82) is 0 Å². The van der Waals surface area contributed by atoms with Gasteiger partial charge in [-0.25, -0.2) is 0 Å². The molecule has 30 heavy (non-hydrogen) atoms. The van der Waals surface area contributed by atoms with Gasteiger partial charge in [0.15, 0.2) is 17.5 Å². The van der Waals surface area contributed by atoms with E-state index < -0.39 is 6.61 Å². The van der Waals surface area contributed by atoms with E-state index in [-0.39, 0.29) is 41.9 Å². The number of ether oxygens (including phenoxy) is 4. The Hall–Kier alpha value is -1.40. The Labute approximate surface area is 193 Å². The normalized spacial score (nSPS) is 22.0. The van der Waals surface area contributed by atoms with E-state index in [1.807, 2.05) is 0 Å². The number of rotatable bonds is 7. The molecule has 2 aliphatic rings. The van der Waals surface area contributed by atoms with Crippen LogP contribution in [0.2, 0.25) is 0 Å². The molecule has 0 radical (unpaired) electrons. The molecule has 2 unspecified atom stereocenters. The molecule has 3 rings (SSSR count). The summed E-state index contributed by atoms with van der Waals surface area (Å²) in [5.41, 5.74) is 0.875. The largest absolute Gasteiger partial charge is 0.490 e. The van der Waals surface area contributed by atoms with Crippen molar-refractivity contribution in [2.24, 2.45) is 4.99 Å². The maximum Gasteiger partial charge on any atom is 0.387 e. The molecule has 0 saturated carbocycles. The first-order valence-electron chi connectivity index (χ1n) is 10.00. The molecule has 0 aliphatic carbocycles. The van der Waals surface area contributed by atoms with Crippen LogP contribution in [-0.2, 0) is 16.0 Å². The van der Waals surface area contributed by atoms with Crippen LogP contribution in [0.4, 0.5) is 8.78 Å². The van der Waals surface area contributed by atoms with Crippen LogP contribution >= 0.6 is 24.0 Å². The van der Waals surface area contributed by atoms with Crippen molar-refractivity contribution in [3.63, 3.8) is 0 Å². The topological polar surface area (TPSA) is 64.6 Å². The Balaban J connectivity index is 0.00000320. The molecule has 2 fully saturated rings. The lowest BCUT2D eigenvalue weighted by Crippen LogP contribution is -2.53. The fraction of sp³-hybridized carbons (Fsp3) is 0.650. The minimum absolute atomic E-state index is 0. The summed E-state index contributed by atoms with van der Waals surface area (Å²) in [6.07, 6.45) is 2.29. The fourth-order valence-corrected chi connectivity index (χ4v) is 3.63. The number of nitrogens with one attached hydrogen (secondary N) is 1. The van der Waals surface area contributed by atoms with E-state index in [1.54, 1.807) is 26.1 Å². The summed E-state index contributed by atoms with van der Waals surface area (Å²) < 4.78 is 46.7. The van der Waals surface area contributed by atoms with Gasteiger partial charge in [-0.3, -0.25) is 4.99 Å². The Bertz CT molecular complexity index is 690. The lowest BCUT2D eigenvalue weighted by Gasteiger charge is -2.37. The highest BCUT2D eigenvalue weighted by Crippen LogP contribution is 2.30. The monoisotopic (exact) mass is 541 g/mol. The van der Waals surface area contributed by atoms with Crippen LogP contribution in [0.1, 0.15) is 25.3 Å². The minimum atomic E-state index is -2.89. The Morgan fingerprint density at radius 3 is 2.73 bits per heavy atom. The lowest BCUT2D eigenvalue weighted by molar-refractivity contribution is -0.0817. The number of hydrogen-bond acceptors (Lipinski definition) is 5. The quantitative estimate of drug-likeness (QED) is 0.325. The fourth-order valence-electron chi connectivity index (χ4n) is 3.63. The molecule has 2 atom stereocenters. The molecule has 0 amide bonds. The summed E-state index contributed by atoms with van der Waals surface area (Å²) in [7, 11) is 1.74. The molecular weight excluding hydrogens is 511 g/mol. The third-order valence-electron chi connectivity index (χ3n) is 4.96. The van der Waals surface area contributed by atoms with Crippen LogP contribution in [0.5, 0.6) is 11.5 Å². The van der Waals surface area contributed by atoms with Crippen molar-refractivity contribution in [1.82, 2.24) is 10.2 Å². The second kappa shape index (κ2) is 12.5. The van der Waals surface area contributed by atoms with E-state index in [0.717, 1.165) is 44.1 Å². The predicted octanol–water partition coefficient (Wildman–Crippen LogP) is 3.26. The van der Waals surface area contributed by atoms with E-state index in [4.69, 9.17) is 14.2 Å². The van der Waals surface area contributed by atoms with Crippen LogP contribution in [0.15, 0.2) is 23.2 Å². The highest BCUT2D eigenvalue weighted by Gasteiger charge is 2.32. The Morgan fingerprint density at radius 2 is 2.07 bits per heavy atom. The maximum atomic E-state index is 12.6. The summed E-state index contributed by atoms with van der Waals surface area (Å²) in [4.78, 5) is 6.54. The first-order valence-corrected chi connectivity index (χ1v) is 10.00. The summed E-state index contributed by atoms with van der Waals surface area (Å²) in [6.45, 7) is 2.62. The van der Waals surface area contributed by atoms with Gasteiger partial charge in [0.2, 0.25) is 0 Å². The molecule has 170 valence electrons. The molecule has 2 aliphatic heterocycles. The van der Waals surface area contributed by atoms with E-state index in [0.29, 0.717) is 25.5 Å². The van der Waals surface area contributed by atoms with Crippen LogP contribution in [0.25, 0.3) is 0 Å². The third-order valence-corrected chi connectivity index (χ3v) is 4.96. The lowest BCUT2D eigenvalue weighted by atomic mass is 10.1. The molecule has 1 aromatic rings. The van der Waals surface area contributed by atoms with Crippen LogP contribution in [0.3, 0.4) is 0 Å². The van der Waals surface area contributed by atoms with Crippen LogP contribution < -0.4 is 14.8 Å². The van der Waals surface area contributed by atoms with E-state index in [2.05, 4.69) is 19.9 Å². The standard InChI is InChI=1S/C20H29F2N3O4.HI/c1-3-26-17-11-14(6-7-16(17)29-19(21)22)12-24-20(23-2)25-8-10-28-18(13-25)15-5-4-9-27-15;/h6-7,11,15,18-19H,3-5,8-10,12-13H2,1-2H3,(H,23,24);1H. The molecule has 10 heteroatoms. The zero-order valence-corrected chi connectivity index (χ0v) is 19.6. The highest BCUT2D eigenvalue weighted by molar-refractivity contribution is 14.0. The molecule has 1 aromatic carbocycles. The molecule has 2 heterocycles. The summed E-state index contributed by atoms with van der Waals surface area (Å²) in [5, 5.41) is 3.33. The summed E-state index contributed by atoms with van der Waals surface area (Å²) in [6, 6.07) is 4.93. The zero-order valence-electron chi connectivity index (χ0n) is 17.3. The van der Waals surface area contributed by atoms with Crippen molar-refractivity contribution in [3.8, 4) is 11.5 Å². The second-order valence-electron chi connectivity index (χ2n) is 6.90. The molecule has 0 bridgehead atoms. The van der Waals surface area contributed by atoms with E-state index in [9.17, 15) is 8.78 Å². The molecule has 0 spiro atoms. The summed E-state index contributed by atoms with van der Waals surface area (Å²) >= 11 is 0. The van der Waals surface area contributed by atoms with Crippen LogP contribution in [-0.4, -0.2) is 69.6 Å². The first-order chi connectivity index (χ1) is 14.1. The molecular formula is C20H30F2IN3O4. The minimum Gasteiger partial charge on any atom is -0.490 e. The van der Waals surface area contributed by atoms with Gasteiger partial charge >= 0.3 is 6.61 Å². The third kappa shape index (κ3) is 6.81. The van der Waals surface area contributed by atoms with Crippen molar-refractivity contribution in [3.05, 3.63) is 23.8 Å². The number of aliphatic imine (C=N–C) groups is 1. The molecule has 0 aromatic heterocycles. The number of nitrogens with zero attached hydrogens (tertiary/aromatic N) is 2. The SMILES string of the molecule is CCOc1cc(CNC(=NC)N2CCOC(C3CCCO3)C2)ccc1OC(F)F.I. The number of alkyl halides is 2.